The molecule has 0 unspecified atom stereocenters. The van der Waals surface area contributed by atoms with E-state index in [1.807, 2.05) is 30.3 Å². The highest BCUT2D eigenvalue weighted by Gasteiger charge is 2.53. The van der Waals surface area contributed by atoms with E-state index in [-0.39, 0.29) is 36.7 Å². The Bertz CT molecular complexity index is 1690. The number of azide groups is 1. The summed E-state index contributed by atoms with van der Waals surface area (Å²) >= 11 is 0. The van der Waals surface area contributed by atoms with Crippen molar-refractivity contribution in [2.24, 2.45) is 10.1 Å². The molecular weight excluding hydrogens is 568 g/mol. The van der Waals surface area contributed by atoms with E-state index >= 15 is 0 Å². The molecule has 4 aromatic rings. The van der Waals surface area contributed by atoms with Gasteiger partial charge in [0, 0.05) is 53.3 Å². The van der Waals surface area contributed by atoms with Gasteiger partial charge in [-0.3, -0.25) is 4.79 Å². The van der Waals surface area contributed by atoms with E-state index in [0.29, 0.717) is 29.9 Å². The number of ether oxygens (including phenoxy) is 2. The van der Waals surface area contributed by atoms with Crippen molar-refractivity contribution in [1.29, 1.82) is 0 Å². The summed E-state index contributed by atoms with van der Waals surface area (Å²) in [6, 6.07) is 25.9. The number of nitrogens with zero attached hydrogens (tertiary/aromatic N) is 4. The van der Waals surface area contributed by atoms with E-state index in [2.05, 4.69) is 15.3 Å². The molecule has 11 heteroatoms. The van der Waals surface area contributed by atoms with Crippen LogP contribution in [0.15, 0.2) is 107 Å². The van der Waals surface area contributed by atoms with Gasteiger partial charge >= 0.3 is 0 Å². The fourth-order valence-corrected chi connectivity index (χ4v) is 5.02. The van der Waals surface area contributed by atoms with Crippen molar-refractivity contribution in [1.82, 2.24) is 5.32 Å². The monoisotopic (exact) mass is 597 g/mol. The Morgan fingerprint density at radius 2 is 1.80 bits per heavy atom. The maximum absolute atomic E-state index is 14.5. The summed E-state index contributed by atoms with van der Waals surface area (Å²) < 4.78 is 40.5. The van der Waals surface area contributed by atoms with Crippen LogP contribution >= 0.6 is 0 Å². The van der Waals surface area contributed by atoms with E-state index in [1.54, 1.807) is 48.5 Å². The van der Waals surface area contributed by atoms with Gasteiger partial charge in [-0.25, -0.2) is 13.8 Å². The Kier molecular flexibility index (Phi) is 9.49. The van der Waals surface area contributed by atoms with E-state index in [1.165, 1.54) is 0 Å². The van der Waals surface area contributed by atoms with Crippen LogP contribution in [0.25, 0.3) is 10.4 Å². The van der Waals surface area contributed by atoms with Gasteiger partial charge in [0.1, 0.15) is 17.4 Å². The molecule has 0 aliphatic carbocycles. The Morgan fingerprint density at radius 3 is 2.55 bits per heavy atom. The Morgan fingerprint density at radius 1 is 1.05 bits per heavy atom. The van der Waals surface area contributed by atoms with Gasteiger partial charge in [-0.2, -0.15) is 0 Å². The van der Waals surface area contributed by atoms with E-state index in [0.717, 1.165) is 23.8 Å². The fraction of sp³-hybridized carbons (Fsp3) is 0.212. The van der Waals surface area contributed by atoms with Crippen molar-refractivity contribution >= 4 is 17.5 Å². The quantitative estimate of drug-likeness (QED) is 0.0838. The van der Waals surface area contributed by atoms with E-state index < -0.39 is 29.2 Å². The molecule has 1 aliphatic heterocycles. The van der Waals surface area contributed by atoms with Crippen LogP contribution in [0.1, 0.15) is 34.8 Å². The first kappa shape index (κ1) is 30.2. The number of carbonyl (C=O) groups excluding carboxylic acids is 1. The molecule has 1 aliphatic rings. The summed E-state index contributed by atoms with van der Waals surface area (Å²) in [5.74, 6) is -1.15. The third-order valence-electron chi connectivity index (χ3n) is 7.17. The lowest BCUT2D eigenvalue weighted by molar-refractivity contribution is -0.129. The van der Waals surface area contributed by atoms with Gasteiger partial charge in [-0.05, 0) is 53.6 Å². The van der Waals surface area contributed by atoms with Crippen molar-refractivity contribution in [3.05, 3.63) is 141 Å². The van der Waals surface area contributed by atoms with E-state index in [4.69, 9.17) is 19.6 Å². The van der Waals surface area contributed by atoms with Crippen molar-refractivity contribution in [2.45, 2.75) is 31.0 Å². The van der Waals surface area contributed by atoms with Crippen LogP contribution in [-0.2, 0) is 22.5 Å². The van der Waals surface area contributed by atoms with Gasteiger partial charge < -0.3 is 19.9 Å². The molecule has 9 nitrogen and oxygen atoms in total. The molecule has 0 saturated heterocycles. The first-order chi connectivity index (χ1) is 21.4. The molecule has 2 N–H and O–H groups in total. The van der Waals surface area contributed by atoms with Crippen molar-refractivity contribution in [3.63, 3.8) is 0 Å². The zero-order valence-electron chi connectivity index (χ0n) is 23.6. The summed E-state index contributed by atoms with van der Waals surface area (Å²) in [5, 5.41) is 15.6. The first-order valence-electron chi connectivity index (χ1n) is 13.9. The van der Waals surface area contributed by atoms with Crippen molar-refractivity contribution in [3.8, 4) is 5.75 Å². The number of halogens is 2. The summed E-state index contributed by atoms with van der Waals surface area (Å²) in [6.45, 7) is 0.0606. The largest absolute Gasteiger partial charge is 0.494 e. The van der Waals surface area contributed by atoms with Gasteiger partial charge in [-0.15, -0.1) is 0 Å². The molecule has 224 valence electrons. The number of rotatable bonds is 12. The molecule has 0 aromatic heterocycles. The van der Waals surface area contributed by atoms with Gasteiger partial charge in [0.25, 0.3) is 5.91 Å². The molecule has 4 aromatic carbocycles. The average molecular weight is 598 g/mol. The van der Waals surface area contributed by atoms with Gasteiger partial charge in [0.15, 0.2) is 11.6 Å². The summed E-state index contributed by atoms with van der Waals surface area (Å²) in [4.78, 5) is 22.2. The fourth-order valence-electron chi connectivity index (χ4n) is 5.02. The average Bonchev–Trinajstić information content (AvgIpc) is 3.42. The molecule has 1 heterocycles. The number of hydrogen-bond acceptors (Lipinski definition) is 6. The second-order valence-electron chi connectivity index (χ2n) is 10.1. The second-order valence-corrected chi connectivity index (χ2v) is 10.1. The van der Waals surface area contributed by atoms with Crippen LogP contribution in [0.5, 0.6) is 5.75 Å². The van der Waals surface area contributed by atoms with Crippen molar-refractivity contribution < 1.29 is 28.2 Å². The molecule has 2 atom stereocenters. The number of carbonyl (C=O) groups is 1. The van der Waals surface area contributed by atoms with E-state index in [9.17, 15) is 19.1 Å². The second kappa shape index (κ2) is 13.8. The number of nitrogens with one attached hydrogen (secondary N) is 1. The van der Waals surface area contributed by atoms with Crippen LogP contribution in [0.3, 0.4) is 0 Å². The zero-order valence-corrected chi connectivity index (χ0v) is 23.6. The maximum Gasteiger partial charge on any atom is 0.252 e. The molecule has 0 fully saturated rings. The number of aliphatic imine (C=N–C) groups is 1. The van der Waals surface area contributed by atoms with Crippen LogP contribution in [-0.4, -0.2) is 35.7 Å². The lowest BCUT2D eigenvalue weighted by Gasteiger charge is -2.31. The summed E-state index contributed by atoms with van der Waals surface area (Å²) in [6.07, 6.45) is -0.496. The van der Waals surface area contributed by atoms with Crippen LogP contribution < -0.4 is 10.1 Å². The standard InChI is InChI=1S/C33H29F2N5O4/c34-25-13-16-28(35)24(19-25)21-37-32(42)33(20-22-7-2-1-3-8-22)30(27-9-4-5-10-29(27)39-40-36)44-31(38-33)23-11-14-26(15-12-23)43-18-6-17-41/h1-5,7-16,19,30,41H,6,17-18,20-21H2,(H,37,42)/t30-,33-/m1/s1. The Labute approximate surface area is 252 Å². The Balaban J connectivity index is 1.60. The molecule has 0 saturated carbocycles. The lowest BCUT2D eigenvalue weighted by atomic mass is 9.81. The maximum atomic E-state index is 14.5. The SMILES string of the molecule is [N-]=[N+]=Nc1ccccc1[C@H]1OC(c2ccc(OCCCO)cc2)=N[C@@]1(Cc1ccccc1)C(=O)NCc1cc(F)ccc1F. The normalized spacial score (nSPS) is 17.2. The number of benzene rings is 4. The molecule has 0 bridgehead atoms. The molecule has 1 amide bonds. The zero-order chi connectivity index (χ0) is 30.9. The van der Waals surface area contributed by atoms with Gasteiger partial charge in [0.05, 0.1) is 6.61 Å². The number of aliphatic hydroxyl groups excluding tert-OH is 1. The topological polar surface area (TPSA) is 129 Å². The molecular formula is C33H29F2N5O4. The van der Waals surface area contributed by atoms with Crippen LogP contribution in [0.4, 0.5) is 14.5 Å². The predicted octanol–water partition coefficient (Wildman–Crippen LogP) is 6.48. The molecule has 44 heavy (non-hydrogen) atoms. The van der Waals surface area contributed by atoms with Gasteiger partial charge in [-0.1, -0.05) is 59.7 Å². The lowest BCUT2D eigenvalue weighted by Crippen LogP contribution is -2.49. The minimum Gasteiger partial charge on any atom is -0.494 e. The third kappa shape index (κ3) is 6.70. The Hall–Kier alpha value is -5.25. The number of hydrogen-bond donors (Lipinski definition) is 2. The van der Waals surface area contributed by atoms with Crippen LogP contribution in [0.2, 0.25) is 0 Å². The number of aliphatic hydroxyl groups is 1. The molecule has 0 spiro atoms. The minimum absolute atomic E-state index is 0.0128. The highest BCUT2D eigenvalue weighted by Crippen LogP contribution is 2.45. The number of amides is 1. The highest BCUT2D eigenvalue weighted by molar-refractivity contribution is 6.01. The molecule has 5 rings (SSSR count). The predicted molar refractivity (Wildman–Crippen MR) is 160 cm³/mol. The van der Waals surface area contributed by atoms with Crippen molar-refractivity contribution in [2.75, 3.05) is 13.2 Å². The van der Waals surface area contributed by atoms with Gasteiger partial charge in [0.2, 0.25) is 5.90 Å². The third-order valence-corrected chi connectivity index (χ3v) is 7.17. The molecule has 0 radical (unpaired) electrons. The first-order valence-corrected chi connectivity index (χ1v) is 13.9. The van der Waals surface area contributed by atoms with Crippen LogP contribution in [0, 0.1) is 11.6 Å². The minimum atomic E-state index is -1.64. The highest BCUT2D eigenvalue weighted by atomic mass is 19.1. The smallest absolute Gasteiger partial charge is 0.252 e. The summed E-state index contributed by atoms with van der Waals surface area (Å²) in [7, 11) is 0. The summed E-state index contributed by atoms with van der Waals surface area (Å²) in [5.41, 5.74) is 9.61.